The van der Waals surface area contributed by atoms with E-state index >= 15 is 0 Å². The molecule has 0 aliphatic carbocycles. The van der Waals surface area contributed by atoms with E-state index in [2.05, 4.69) is 20.2 Å². The number of anilines is 1. The fourth-order valence-electron chi connectivity index (χ4n) is 4.35. The van der Waals surface area contributed by atoms with Gasteiger partial charge in [-0.2, -0.15) is 5.10 Å². The summed E-state index contributed by atoms with van der Waals surface area (Å²) in [4.78, 5) is 32.6. The van der Waals surface area contributed by atoms with Gasteiger partial charge in [0.2, 0.25) is 5.95 Å². The molecular weight excluding hydrogens is 461 g/mol. The maximum absolute atomic E-state index is 14.9. The number of hydrogen-bond acceptors (Lipinski definition) is 4. The summed E-state index contributed by atoms with van der Waals surface area (Å²) in [6, 6.07) is 17.1. The van der Waals surface area contributed by atoms with Gasteiger partial charge in [0.05, 0.1) is 22.1 Å². The van der Waals surface area contributed by atoms with Crippen LogP contribution in [0.3, 0.4) is 0 Å². The second-order valence-electron chi connectivity index (χ2n) is 8.74. The van der Waals surface area contributed by atoms with Gasteiger partial charge in [0.15, 0.2) is 0 Å². The number of imidazole rings is 1. The maximum atomic E-state index is 14.9. The number of nitrogens with zero attached hydrogens (tertiary/aromatic N) is 3. The molecular formula is C27H24FN5O3. The lowest BCUT2D eigenvalue weighted by Gasteiger charge is -2.22. The number of aromatic amines is 2. The third-order valence-corrected chi connectivity index (χ3v) is 6.42. The van der Waals surface area contributed by atoms with Gasteiger partial charge in [-0.3, -0.25) is 4.79 Å². The van der Waals surface area contributed by atoms with Crippen molar-refractivity contribution in [3.05, 3.63) is 88.1 Å². The summed E-state index contributed by atoms with van der Waals surface area (Å²) in [5, 5.41) is 17.7. The number of rotatable bonds is 6. The van der Waals surface area contributed by atoms with E-state index in [9.17, 15) is 19.1 Å². The number of benzene rings is 3. The van der Waals surface area contributed by atoms with Crippen LogP contribution in [0.4, 0.5) is 15.1 Å². The molecule has 9 heteroatoms. The SMILES string of the molecule is CCC(C)N(C(=O)O)c1nc2cc(-c3cc(Cc4n[nH]c(=O)c5ccccc45)ccc3F)ccc2[nH]1. The predicted octanol–water partition coefficient (Wildman–Crippen LogP) is 5.48. The summed E-state index contributed by atoms with van der Waals surface area (Å²) in [7, 11) is 0. The lowest BCUT2D eigenvalue weighted by molar-refractivity contribution is 0.199. The molecule has 0 aliphatic rings. The van der Waals surface area contributed by atoms with Gasteiger partial charge in [-0.25, -0.2) is 24.2 Å². The fourth-order valence-corrected chi connectivity index (χ4v) is 4.35. The molecule has 5 aromatic rings. The van der Waals surface area contributed by atoms with Crippen LogP contribution in [-0.2, 0) is 6.42 Å². The molecule has 2 heterocycles. The molecule has 0 bridgehead atoms. The number of halogens is 1. The summed E-state index contributed by atoms with van der Waals surface area (Å²) in [6.07, 6.45) is -0.0563. The van der Waals surface area contributed by atoms with Crippen LogP contribution >= 0.6 is 0 Å². The van der Waals surface area contributed by atoms with Gasteiger partial charge in [-0.05, 0) is 54.8 Å². The fraction of sp³-hybridized carbons (Fsp3) is 0.185. The molecule has 3 aromatic carbocycles. The summed E-state index contributed by atoms with van der Waals surface area (Å²) < 4.78 is 14.9. The van der Waals surface area contributed by atoms with Crippen molar-refractivity contribution in [1.82, 2.24) is 20.2 Å². The van der Waals surface area contributed by atoms with Crippen LogP contribution in [0.2, 0.25) is 0 Å². The Morgan fingerprint density at radius 3 is 2.64 bits per heavy atom. The van der Waals surface area contributed by atoms with Crippen LogP contribution in [0.1, 0.15) is 31.5 Å². The highest BCUT2D eigenvalue weighted by Gasteiger charge is 2.23. The molecule has 1 atom stereocenters. The van der Waals surface area contributed by atoms with E-state index in [1.165, 1.54) is 11.0 Å². The zero-order valence-electron chi connectivity index (χ0n) is 19.7. The molecule has 0 spiro atoms. The third-order valence-electron chi connectivity index (χ3n) is 6.42. The van der Waals surface area contributed by atoms with Crippen LogP contribution in [0.5, 0.6) is 0 Å². The molecule has 3 N–H and O–H groups in total. The second kappa shape index (κ2) is 9.26. The van der Waals surface area contributed by atoms with Gasteiger partial charge < -0.3 is 10.1 Å². The molecule has 1 unspecified atom stereocenters. The van der Waals surface area contributed by atoms with Crippen molar-refractivity contribution in [2.45, 2.75) is 32.7 Å². The van der Waals surface area contributed by atoms with Crippen molar-refractivity contribution in [3.63, 3.8) is 0 Å². The quantitative estimate of drug-likeness (QED) is 0.295. The highest BCUT2D eigenvalue weighted by atomic mass is 19.1. The Morgan fingerprint density at radius 1 is 1.11 bits per heavy atom. The number of carbonyl (C=O) groups is 1. The summed E-state index contributed by atoms with van der Waals surface area (Å²) in [5.74, 6) is -0.158. The maximum Gasteiger partial charge on any atom is 0.414 e. The van der Waals surface area contributed by atoms with Crippen LogP contribution < -0.4 is 10.5 Å². The van der Waals surface area contributed by atoms with Gasteiger partial charge in [-0.1, -0.05) is 37.3 Å². The monoisotopic (exact) mass is 485 g/mol. The standard InChI is InChI=1S/C27H24FN5O3/c1-3-15(2)33(27(35)36)26-29-22-11-9-17(14-24(22)30-26)20-12-16(8-10-21(20)28)13-23-18-6-4-5-7-19(18)25(34)32-31-23/h4-12,14-15H,3,13H2,1-2H3,(H,29,30)(H,32,34)(H,35,36). The Hall–Kier alpha value is -4.53. The van der Waals surface area contributed by atoms with E-state index in [1.807, 2.05) is 26.0 Å². The number of carboxylic acid groups (broad SMARTS) is 1. The summed E-state index contributed by atoms with van der Waals surface area (Å²) in [6.45, 7) is 3.72. The minimum atomic E-state index is -1.09. The number of fused-ring (bicyclic) bond motifs is 2. The third kappa shape index (κ3) is 4.19. The molecule has 0 saturated carbocycles. The molecule has 8 nitrogen and oxygen atoms in total. The topological polar surface area (TPSA) is 115 Å². The Kier molecular flexibility index (Phi) is 5.97. The zero-order valence-corrected chi connectivity index (χ0v) is 19.7. The minimum Gasteiger partial charge on any atom is -0.465 e. The number of hydrogen-bond donors (Lipinski definition) is 3. The van der Waals surface area contributed by atoms with E-state index in [4.69, 9.17) is 0 Å². The first-order chi connectivity index (χ1) is 17.4. The van der Waals surface area contributed by atoms with E-state index in [1.54, 1.807) is 42.5 Å². The normalized spacial score (nSPS) is 12.2. The number of H-pyrrole nitrogens is 2. The molecule has 0 aliphatic heterocycles. The largest absolute Gasteiger partial charge is 0.465 e. The van der Waals surface area contributed by atoms with E-state index < -0.39 is 6.09 Å². The van der Waals surface area contributed by atoms with Gasteiger partial charge >= 0.3 is 6.09 Å². The van der Waals surface area contributed by atoms with Crippen molar-refractivity contribution in [3.8, 4) is 11.1 Å². The van der Waals surface area contributed by atoms with Crippen molar-refractivity contribution in [1.29, 1.82) is 0 Å². The van der Waals surface area contributed by atoms with Gasteiger partial charge in [0.25, 0.3) is 5.56 Å². The predicted molar refractivity (Wildman–Crippen MR) is 137 cm³/mol. The number of nitrogens with one attached hydrogen (secondary N) is 2. The van der Waals surface area contributed by atoms with Crippen LogP contribution in [-0.4, -0.2) is 37.4 Å². The molecule has 182 valence electrons. The molecule has 1 amide bonds. The zero-order chi connectivity index (χ0) is 25.4. The second-order valence-corrected chi connectivity index (χ2v) is 8.74. The van der Waals surface area contributed by atoms with Crippen molar-refractivity contribution in [2.24, 2.45) is 0 Å². The van der Waals surface area contributed by atoms with E-state index in [0.29, 0.717) is 46.1 Å². The van der Waals surface area contributed by atoms with Crippen LogP contribution in [0.25, 0.3) is 32.9 Å². The average molecular weight is 486 g/mol. The average Bonchev–Trinajstić information content (AvgIpc) is 3.29. The van der Waals surface area contributed by atoms with Crippen molar-refractivity contribution >= 4 is 33.8 Å². The number of aromatic nitrogens is 4. The Bertz CT molecular complexity index is 1660. The Morgan fingerprint density at radius 2 is 1.89 bits per heavy atom. The Balaban J connectivity index is 1.52. The van der Waals surface area contributed by atoms with Crippen molar-refractivity contribution in [2.75, 3.05) is 4.90 Å². The van der Waals surface area contributed by atoms with Gasteiger partial charge in [0.1, 0.15) is 5.82 Å². The van der Waals surface area contributed by atoms with Crippen LogP contribution in [0, 0.1) is 5.82 Å². The Labute approximate surface area is 205 Å². The first kappa shape index (κ1) is 23.2. The highest BCUT2D eigenvalue weighted by Crippen LogP contribution is 2.29. The first-order valence-corrected chi connectivity index (χ1v) is 11.6. The van der Waals surface area contributed by atoms with Crippen LogP contribution in [0.15, 0.2) is 65.5 Å². The molecule has 0 radical (unpaired) electrons. The lowest BCUT2D eigenvalue weighted by atomic mass is 9.98. The lowest BCUT2D eigenvalue weighted by Crippen LogP contribution is -2.38. The molecule has 2 aromatic heterocycles. The van der Waals surface area contributed by atoms with Crippen molar-refractivity contribution < 1.29 is 14.3 Å². The molecule has 36 heavy (non-hydrogen) atoms. The minimum absolute atomic E-state index is 0.231. The van der Waals surface area contributed by atoms with Gasteiger partial charge in [0, 0.05) is 23.4 Å². The van der Waals surface area contributed by atoms with Gasteiger partial charge in [-0.15, -0.1) is 0 Å². The molecule has 0 fully saturated rings. The smallest absolute Gasteiger partial charge is 0.414 e. The summed E-state index contributed by atoms with van der Waals surface area (Å²) >= 11 is 0. The molecule has 0 saturated heterocycles. The summed E-state index contributed by atoms with van der Waals surface area (Å²) in [5.41, 5.74) is 3.46. The van der Waals surface area contributed by atoms with E-state index in [-0.39, 0.29) is 23.4 Å². The molecule has 5 rings (SSSR count). The highest BCUT2D eigenvalue weighted by molar-refractivity contribution is 5.89. The number of amides is 1. The first-order valence-electron chi connectivity index (χ1n) is 11.6. The van der Waals surface area contributed by atoms with E-state index in [0.717, 1.165) is 10.9 Å².